The molecule has 0 amide bonds. The molecule has 1 heterocycles. The molecule has 2 atom stereocenters. The molecule has 2 unspecified atom stereocenters. The monoisotopic (exact) mass is 258 g/mol. The van der Waals surface area contributed by atoms with Crippen LogP contribution in [0, 0.1) is 5.92 Å². The molecule has 0 saturated heterocycles. The Bertz CT molecular complexity index is 467. The van der Waals surface area contributed by atoms with E-state index < -0.39 is 0 Å². The van der Waals surface area contributed by atoms with Crippen LogP contribution in [0.4, 0.5) is 0 Å². The summed E-state index contributed by atoms with van der Waals surface area (Å²) in [6.45, 7) is 3.95. The molecule has 3 nitrogen and oxygen atoms in total. The topological polar surface area (TPSA) is 42.4 Å². The third kappa shape index (κ3) is 3.94. The zero-order chi connectivity index (χ0) is 13.7. The summed E-state index contributed by atoms with van der Waals surface area (Å²) in [6.07, 6.45) is 1.71. The fourth-order valence-electron chi connectivity index (χ4n) is 2.34. The normalized spacial score (nSPS) is 14.5. The average Bonchev–Trinajstić information content (AvgIpc) is 2.91. The molecule has 0 aliphatic rings. The quantitative estimate of drug-likeness (QED) is 0.866. The van der Waals surface area contributed by atoms with Crippen LogP contribution in [0.5, 0.6) is 0 Å². The van der Waals surface area contributed by atoms with Crippen LogP contribution in [-0.4, -0.2) is 18.5 Å². The van der Waals surface area contributed by atoms with E-state index in [1.165, 1.54) is 5.56 Å². The minimum Gasteiger partial charge on any atom is -0.468 e. The molecular weight excluding hydrogens is 236 g/mol. The smallest absolute Gasteiger partial charge is 0.117 e. The highest BCUT2D eigenvalue weighted by Gasteiger charge is 2.16. The predicted octanol–water partition coefficient (Wildman–Crippen LogP) is 3.05. The maximum absolute atomic E-state index is 6.31. The molecule has 19 heavy (non-hydrogen) atoms. The van der Waals surface area contributed by atoms with Crippen molar-refractivity contribution >= 4 is 0 Å². The molecule has 0 fully saturated rings. The number of rotatable bonds is 6. The SMILES string of the molecule is CC(CN(C)Cc1ccco1)C(N)c1ccccc1. The Morgan fingerprint density at radius 2 is 1.89 bits per heavy atom. The lowest BCUT2D eigenvalue weighted by atomic mass is 9.95. The van der Waals surface area contributed by atoms with E-state index in [1.807, 2.05) is 30.3 Å². The zero-order valence-electron chi connectivity index (χ0n) is 11.6. The van der Waals surface area contributed by atoms with Crippen LogP contribution in [0.3, 0.4) is 0 Å². The van der Waals surface area contributed by atoms with E-state index >= 15 is 0 Å². The van der Waals surface area contributed by atoms with Crippen molar-refractivity contribution in [1.29, 1.82) is 0 Å². The van der Waals surface area contributed by atoms with Crippen molar-refractivity contribution in [2.45, 2.75) is 19.5 Å². The maximum Gasteiger partial charge on any atom is 0.117 e. The molecular formula is C16H22N2O. The van der Waals surface area contributed by atoms with Gasteiger partial charge in [0.15, 0.2) is 0 Å². The van der Waals surface area contributed by atoms with Gasteiger partial charge in [0.2, 0.25) is 0 Å². The first-order chi connectivity index (χ1) is 9.16. The third-order valence-corrected chi connectivity index (χ3v) is 3.40. The molecule has 102 valence electrons. The van der Waals surface area contributed by atoms with Crippen molar-refractivity contribution in [3.05, 3.63) is 60.1 Å². The number of hydrogen-bond acceptors (Lipinski definition) is 3. The van der Waals surface area contributed by atoms with Gasteiger partial charge in [-0.1, -0.05) is 37.3 Å². The first kappa shape index (κ1) is 13.8. The largest absolute Gasteiger partial charge is 0.468 e. The first-order valence-corrected chi connectivity index (χ1v) is 6.68. The van der Waals surface area contributed by atoms with E-state index in [0.29, 0.717) is 5.92 Å². The summed E-state index contributed by atoms with van der Waals surface area (Å²) >= 11 is 0. The number of benzene rings is 1. The highest BCUT2D eigenvalue weighted by atomic mass is 16.3. The molecule has 0 aliphatic carbocycles. The van der Waals surface area contributed by atoms with Crippen molar-refractivity contribution in [1.82, 2.24) is 4.90 Å². The number of furan rings is 1. The second-order valence-electron chi connectivity index (χ2n) is 5.19. The molecule has 0 aliphatic heterocycles. The first-order valence-electron chi connectivity index (χ1n) is 6.68. The standard InChI is InChI=1S/C16H22N2O/c1-13(16(17)14-7-4-3-5-8-14)11-18(2)12-15-9-6-10-19-15/h3-10,13,16H,11-12,17H2,1-2H3. The maximum atomic E-state index is 6.31. The van der Waals surface area contributed by atoms with Crippen molar-refractivity contribution in [3.8, 4) is 0 Å². The summed E-state index contributed by atoms with van der Waals surface area (Å²) in [6, 6.07) is 14.3. The van der Waals surface area contributed by atoms with Crippen LogP contribution in [0.25, 0.3) is 0 Å². The van der Waals surface area contributed by atoms with Gasteiger partial charge in [-0.2, -0.15) is 0 Å². The van der Waals surface area contributed by atoms with Crippen LogP contribution in [0.1, 0.15) is 24.3 Å². The van der Waals surface area contributed by atoms with E-state index in [2.05, 4.69) is 31.0 Å². The Labute approximate surface area is 115 Å². The Morgan fingerprint density at radius 1 is 1.16 bits per heavy atom. The zero-order valence-corrected chi connectivity index (χ0v) is 11.6. The highest BCUT2D eigenvalue weighted by Crippen LogP contribution is 2.20. The molecule has 0 spiro atoms. The van der Waals surface area contributed by atoms with Crippen molar-refractivity contribution in [2.24, 2.45) is 11.7 Å². The average molecular weight is 258 g/mol. The van der Waals surface area contributed by atoms with E-state index in [1.54, 1.807) is 6.26 Å². The fourth-order valence-corrected chi connectivity index (χ4v) is 2.34. The molecule has 2 aromatic rings. The Balaban J connectivity index is 1.88. The van der Waals surface area contributed by atoms with Crippen LogP contribution in [0.2, 0.25) is 0 Å². The lowest BCUT2D eigenvalue weighted by Crippen LogP contribution is -2.30. The van der Waals surface area contributed by atoms with Gasteiger partial charge in [0, 0.05) is 12.6 Å². The molecule has 1 aromatic heterocycles. The van der Waals surface area contributed by atoms with Crippen LogP contribution >= 0.6 is 0 Å². The molecule has 1 aromatic carbocycles. The molecule has 2 N–H and O–H groups in total. The second-order valence-corrected chi connectivity index (χ2v) is 5.19. The Kier molecular flexibility index (Phi) is 4.77. The summed E-state index contributed by atoms with van der Waals surface area (Å²) in [5, 5.41) is 0. The van der Waals surface area contributed by atoms with Crippen molar-refractivity contribution < 1.29 is 4.42 Å². The lowest BCUT2D eigenvalue weighted by molar-refractivity contribution is 0.240. The number of nitrogens with two attached hydrogens (primary N) is 1. The summed E-state index contributed by atoms with van der Waals surface area (Å²) in [5.74, 6) is 1.38. The molecule has 0 bridgehead atoms. The van der Waals surface area contributed by atoms with Crippen LogP contribution < -0.4 is 5.73 Å². The molecule has 0 radical (unpaired) electrons. The summed E-state index contributed by atoms with van der Waals surface area (Å²) in [5.41, 5.74) is 7.51. The summed E-state index contributed by atoms with van der Waals surface area (Å²) in [4.78, 5) is 2.24. The van der Waals surface area contributed by atoms with Gasteiger partial charge >= 0.3 is 0 Å². The van der Waals surface area contributed by atoms with E-state index in [-0.39, 0.29) is 6.04 Å². The van der Waals surface area contributed by atoms with E-state index in [9.17, 15) is 0 Å². The summed E-state index contributed by atoms with van der Waals surface area (Å²) in [7, 11) is 2.09. The number of hydrogen-bond donors (Lipinski definition) is 1. The molecule has 2 rings (SSSR count). The summed E-state index contributed by atoms with van der Waals surface area (Å²) < 4.78 is 5.36. The Morgan fingerprint density at radius 3 is 2.53 bits per heavy atom. The van der Waals surface area contributed by atoms with E-state index in [4.69, 9.17) is 10.2 Å². The molecule has 0 saturated carbocycles. The van der Waals surface area contributed by atoms with E-state index in [0.717, 1.165) is 18.8 Å². The number of nitrogens with zero attached hydrogens (tertiary/aromatic N) is 1. The van der Waals surface area contributed by atoms with Crippen LogP contribution in [0.15, 0.2) is 53.1 Å². The van der Waals surface area contributed by atoms with Gasteiger partial charge in [-0.3, -0.25) is 4.90 Å². The van der Waals surface area contributed by atoms with Crippen LogP contribution in [-0.2, 0) is 6.54 Å². The van der Waals surface area contributed by atoms with Gasteiger partial charge in [0.1, 0.15) is 5.76 Å². The van der Waals surface area contributed by atoms with Gasteiger partial charge in [0.05, 0.1) is 12.8 Å². The Hall–Kier alpha value is -1.58. The predicted molar refractivity (Wildman–Crippen MR) is 77.6 cm³/mol. The highest BCUT2D eigenvalue weighted by molar-refractivity contribution is 5.19. The minimum atomic E-state index is 0.0697. The van der Waals surface area contributed by atoms with Crippen molar-refractivity contribution in [3.63, 3.8) is 0 Å². The molecule has 3 heteroatoms. The van der Waals surface area contributed by atoms with Gasteiger partial charge in [0.25, 0.3) is 0 Å². The van der Waals surface area contributed by atoms with Gasteiger partial charge in [-0.15, -0.1) is 0 Å². The van der Waals surface area contributed by atoms with Gasteiger partial charge < -0.3 is 10.2 Å². The second kappa shape index (κ2) is 6.55. The fraction of sp³-hybridized carbons (Fsp3) is 0.375. The van der Waals surface area contributed by atoms with Crippen molar-refractivity contribution in [2.75, 3.05) is 13.6 Å². The van der Waals surface area contributed by atoms with Gasteiger partial charge in [-0.05, 0) is 30.7 Å². The van der Waals surface area contributed by atoms with Gasteiger partial charge in [-0.25, -0.2) is 0 Å². The minimum absolute atomic E-state index is 0.0697. The lowest BCUT2D eigenvalue weighted by Gasteiger charge is -2.25. The third-order valence-electron chi connectivity index (χ3n) is 3.40.